The quantitative estimate of drug-likeness (QED) is 0.850. The van der Waals surface area contributed by atoms with Gasteiger partial charge in [0.05, 0.1) is 6.04 Å². The average Bonchev–Trinajstić information content (AvgIpc) is 2.63. The number of hydrogen-bond donors (Lipinski definition) is 2. The molecule has 1 saturated carbocycles. The molecule has 2 N–H and O–H groups in total. The van der Waals surface area contributed by atoms with Crippen molar-refractivity contribution in [3.63, 3.8) is 0 Å². The van der Waals surface area contributed by atoms with Crippen LogP contribution in [-0.4, -0.2) is 32.2 Å². The third-order valence-electron chi connectivity index (χ3n) is 6.56. The van der Waals surface area contributed by atoms with E-state index in [0.29, 0.717) is 0 Å². The smallest absolute Gasteiger partial charge is 0.127 e. The molecular formula is C22H32N2+2. The highest BCUT2D eigenvalue weighted by Crippen LogP contribution is 2.22. The van der Waals surface area contributed by atoms with Crippen molar-refractivity contribution in [2.24, 2.45) is 5.92 Å². The van der Waals surface area contributed by atoms with E-state index in [-0.39, 0.29) is 0 Å². The van der Waals surface area contributed by atoms with Crippen LogP contribution in [0, 0.1) is 5.92 Å². The number of rotatable bonds is 3. The fourth-order valence-corrected chi connectivity index (χ4v) is 5.11. The van der Waals surface area contributed by atoms with E-state index in [4.69, 9.17) is 0 Å². The lowest BCUT2D eigenvalue weighted by atomic mass is 9.84. The van der Waals surface area contributed by atoms with E-state index in [1.807, 2.05) is 4.90 Å². The first-order valence-corrected chi connectivity index (χ1v) is 9.96. The van der Waals surface area contributed by atoms with E-state index in [9.17, 15) is 0 Å². The van der Waals surface area contributed by atoms with Crippen molar-refractivity contribution in [3.8, 4) is 0 Å². The summed E-state index contributed by atoms with van der Waals surface area (Å²) in [5, 5.41) is 2.83. The van der Waals surface area contributed by atoms with Gasteiger partial charge in [-0.15, -0.1) is 0 Å². The predicted octanol–water partition coefficient (Wildman–Crippen LogP) is 1.70. The molecule has 0 radical (unpaired) electrons. The first-order valence-electron chi connectivity index (χ1n) is 9.96. The van der Waals surface area contributed by atoms with Crippen LogP contribution in [0.3, 0.4) is 0 Å². The zero-order valence-electron chi connectivity index (χ0n) is 15.1. The van der Waals surface area contributed by atoms with E-state index in [1.54, 1.807) is 4.90 Å². The molecule has 0 bridgehead atoms. The minimum Gasteiger partial charge on any atom is -0.323 e. The van der Waals surface area contributed by atoms with E-state index in [0.717, 1.165) is 12.0 Å². The fourth-order valence-electron chi connectivity index (χ4n) is 5.11. The number of fused-ring (bicyclic) bond motifs is 1. The maximum absolute atomic E-state index is 2.49. The Hall–Kier alpha value is -1.38. The van der Waals surface area contributed by atoms with Gasteiger partial charge in [0.2, 0.25) is 0 Å². The molecule has 1 saturated heterocycles. The number of nitrogens with one attached hydrogen (secondary N) is 2. The molecule has 128 valence electrons. The third-order valence-corrected chi connectivity index (χ3v) is 6.56. The van der Waals surface area contributed by atoms with Crippen LogP contribution in [-0.2, 0) is 6.54 Å². The molecule has 1 heterocycles. The van der Waals surface area contributed by atoms with Crippen LogP contribution in [0.2, 0.25) is 0 Å². The van der Waals surface area contributed by atoms with Crippen molar-refractivity contribution in [1.29, 1.82) is 0 Å². The second-order valence-corrected chi connectivity index (χ2v) is 8.09. The Bertz CT molecular complexity index is 667. The Kier molecular flexibility index (Phi) is 4.86. The van der Waals surface area contributed by atoms with Gasteiger partial charge in [0, 0.05) is 11.5 Å². The molecule has 24 heavy (non-hydrogen) atoms. The van der Waals surface area contributed by atoms with E-state index in [2.05, 4.69) is 49.4 Å². The largest absolute Gasteiger partial charge is 0.323 e. The van der Waals surface area contributed by atoms with Crippen LogP contribution in [0.5, 0.6) is 0 Å². The van der Waals surface area contributed by atoms with Crippen LogP contribution in [0.15, 0.2) is 42.5 Å². The van der Waals surface area contributed by atoms with Crippen LogP contribution in [0.25, 0.3) is 10.8 Å². The van der Waals surface area contributed by atoms with E-state index in [1.165, 1.54) is 74.7 Å². The SMILES string of the molecule is C[C@@H]1CCCC[C@H]1[NH+]1CC[NH+](Cc2cccc3ccccc23)CC1. The molecule has 2 heteroatoms. The van der Waals surface area contributed by atoms with Crippen molar-refractivity contribution in [1.82, 2.24) is 0 Å². The summed E-state index contributed by atoms with van der Waals surface area (Å²) in [6.45, 7) is 9.09. The summed E-state index contributed by atoms with van der Waals surface area (Å²) in [6.07, 6.45) is 5.85. The first-order chi connectivity index (χ1) is 11.8. The second-order valence-electron chi connectivity index (χ2n) is 8.09. The molecular weight excluding hydrogens is 292 g/mol. The predicted molar refractivity (Wildman–Crippen MR) is 100 cm³/mol. The van der Waals surface area contributed by atoms with Crippen LogP contribution < -0.4 is 9.80 Å². The van der Waals surface area contributed by atoms with Crippen molar-refractivity contribution in [3.05, 3.63) is 48.0 Å². The summed E-state index contributed by atoms with van der Waals surface area (Å²) in [7, 11) is 0. The molecule has 2 nitrogen and oxygen atoms in total. The maximum Gasteiger partial charge on any atom is 0.127 e. The third kappa shape index (κ3) is 3.36. The molecule has 2 fully saturated rings. The Labute approximate surface area is 146 Å². The van der Waals surface area contributed by atoms with Gasteiger partial charge in [0.1, 0.15) is 32.7 Å². The molecule has 2 aromatic rings. The average molecular weight is 325 g/mol. The monoisotopic (exact) mass is 324 g/mol. The Morgan fingerprint density at radius 3 is 2.46 bits per heavy atom. The van der Waals surface area contributed by atoms with Crippen LogP contribution in [0.1, 0.15) is 38.2 Å². The van der Waals surface area contributed by atoms with Gasteiger partial charge in [-0.1, -0.05) is 55.8 Å². The van der Waals surface area contributed by atoms with Gasteiger partial charge < -0.3 is 9.80 Å². The van der Waals surface area contributed by atoms with Crippen molar-refractivity contribution in [2.45, 2.75) is 45.2 Å². The molecule has 1 aliphatic heterocycles. The normalized spacial score (nSPS) is 31.2. The number of hydrogen-bond acceptors (Lipinski definition) is 0. The molecule has 2 aliphatic rings. The molecule has 0 amide bonds. The maximum atomic E-state index is 2.49. The zero-order chi connectivity index (χ0) is 16.4. The van der Waals surface area contributed by atoms with Crippen molar-refractivity contribution in [2.75, 3.05) is 26.2 Å². The Morgan fingerprint density at radius 2 is 1.62 bits per heavy atom. The van der Waals surface area contributed by atoms with Gasteiger partial charge in [0.15, 0.2) is 0 Å². The number of benzene rings is 2. The second kappa shape index (κ2) is 7.25. The molecule has 0 spiro atoms. The summed E-state index contributed by atoms with van der Waals surface area (Å²) in [6, 6.07) is 16.6. The first kappa shape index (κ1) is 16.1. The van der Waals surface area contributed by atoms with Gasteiger partial charge >= 0.3 is 0 Å². The molecule has 1 aliphatic carbocycles. The Morgan fingerprint density at radius 1 is 0.875 bits per heavy atom. The number of piperazine rings is 1. The summed E-state index contributed by atoms with van der Waals surface area (Å²) >= 11 is 0. The lowest BCUT2D eigenvalue weighted by molar-refractivity contribution is -1.03. The molecule has 2 atom stereocenters. The minimum atomic E-state index is 0.938. The van der Waals surface area contributed by atoms with Gasteiger partial charge in [-0.3, -0.25) is 0 Å². The van der Waals surface area contributed by atoms with Crippen molar-refractivity contribution >= 4 is 10.8 Å². The molecule has 2 aromatic carbocycles. The lowest BCUT2D eigenvalue weighted by Crippen LogP contribution is -3.29. The van der Waals surface area contributed by atoms with Gasteiger partial charge in [-0.25, -0.2) is 0 Å². The topological polar surface area (TPSA) is 8.88 Å². The molecule has 0 aromatic heterocycles. The van der Waals surface area contributed by atoms with Gasteiger partial charge in [-0.05, 0) is 30.0 Å². The molecule has 4 rings (SSSR count). The summed E-state index contributed by atoms with van der Waals surface area (Å²) in [5.74, 6) is 0.938. The van der Waals surface area contributed by atoms with Gasteiger partial charge in [0.25, 0.3) is 0 Å². The summed E-state index contributed by atoms with van der Waals surface area (Å²) in [4.78, 5) is 3.68. The van der Waals surface area contributed by atoms with Gasteiger partial charge in [-0.2, -0.15) is 0 Å². The highest BCUT2D eigenvalue weighted by atomic mass is 15.3. The van der Waals surface area contributed by atoms with Crippen molar-refractivity contribution < 1.29 is 9.80 Å². The van der Waals surface area contributed by atoms with E-state index < -0.39 is 0 Å². The minimum absolute atomic E-state index is 0.938. The highest BCUT2D eigenvalue weighted by molar-refractivity contribution is 5.85. The molecule has 0 unspecified atom stereocenters. The standard InChI is InChI=1S/C22H30N2/c1-18-7-2-5-12-22(18)24-15-13-23(14-16-24)17-20-10-6-9-19-8-3-4-11-21(19)20/h3-4,6,8-11,18,22H,2,5,7,12-17H2,1H3/p+2/t18-,22-/m1/s1. The lowest BCUT2D eigenvalue weighted by Gasteiger charge is -2.39. The summed E-state index contributed by atoms with van der Waals surface area (Å²) in [5.41, 5.74) is 1.53. The van der Waals surface area contributed by atoms with Crippen LogP contribution in [0.4, 0.5) is 0 Å². The number of quaternary nitrogens is 2. The summed E-state index contributed by atoms with van der Waals surface area (Å²) < 4.78 is 0. The van der Waals surface area contributed by atoms with Crippen LogP contribution >= 0.6 is 0 Å². The highest BCUT2D eigenvalue weighted by Gasteiger charge is 2.34. The Balaban J connectivity index is 1.39. The zero-order valence-corrected chi connectivity index (χ0v) is 15.1. The van der Waals surface area contributed by atoms with E-state index >= 15 is 0 Å². The fraction of sp³-hybridized carbons (Fsp3) is 0.545.